The maximum Gasteiger partial charge on any atom is 0.335 e. The number of aliphatic imine (C=N–C) groups is 1. The number of para-hydroxylation sites is 1. The molecule has 1 amide bonds. The second kappa shape index (κ2) is 12.1. The summed E-state index contributed by atoms with van der Waals surface area (Å²) in [4.78, 5) is 32.7. The van der Waals surface area contributed by atoms with Crippen molar-refractivity contribution in [3.63, 3.8) is 0 Å². The molecule has 4 aromatic rings. The van der Waals surface area contributed by atoms with Gasteiger partial charge in [0.05, 0.1) is 34.6 Å². The average molecular weight is 579 g/mol. The van der Waals surface area contributed by atoms with Crippen LogP contribution < -0.4 is 4.74 Å². The number of aromatic carboxylic acids is 1. The van der Waals surface area contributed by atoms with E-state index in [1.165, 1.54) is 23.9 Å². The first-order chi connectivity index (χ1) is 20.5. The zero-order valence-corrected chi connectivity index (χ0v) is 24.0. The summed E-state index contributed by atoms with van der Waals surface area (Å²) < 4.78 is 7.17. The molecule has 2 aliphatic rings. The number of carboxylic acids is 1. The van der Waals surface area contributed by atoms with Crippen LogP contribution >= 0.6 is 11.8 Å². The predicted molar refractivity (Wildman–Crippen MR) is 165 cm³/mol. The number of amidine groups is 1. The number of methoxy groups -OCH3 is 1. The van der Waals surface area contributed by atoms with Gasteiger partial charge in [0.15, 0.2) is 5.17 Å². The molecule has 1 aliphatic heterocycles. The third kappa shape index (κ3) is 5.73. The number of nitrogens with zero attached hydrogens (tertiary/aromatic N) is 4. The zero-order valence-electron chi connectivity index (χ0n) is 23.1. The Labute approximate surface area is 248 Å². The summed E-state index contributed by atoms with van der Waals surface area (Å²) in [5.41, 5.74) is 4.01. The van der Waals surface area contributed by atoms with Crippen LogP contribution in [0.15, 0.2) is 95.0 Å². The van der Waals surface area contributed by atoms with Gasteiger partial charge in [-0.2, -0.15) is 5.10 Å². The molecule has 1 saturated heterocycles. The maximum atomic E-state index is 14.0. The zero-order chi connectivity index (χ0) is 29.1. The first-order valence-electron chi connectivity index (χ1n) is 13.9. The Kier molecular flexibility index (Phi) is 7.92. The maximum absolute atomic E-state index is 14.0. The van der Waals surface area contributed by atoms with E-state index in [4.69, 9.17) is 14.8 Å². The van der Waals surface area contributed by atoms with E-state index < -0.39 is 5.97 Å². The molecular formula is C33H30N4O4S. The van der Waals surface area contributed by atoms with Crippen molar-refractivity contribution in [1.29, 1.82) is 0 Å². The SMILES string of the molecule is COc1ccc(-c2nn(-c3ccccc3)cc2/C=C2\SC(=Nc3cccc(C(=O)O)c3)N(C3CCCCC3)C2=O)cc1. The normalized spacial score (nSPS) is 17.7. The summed E-state index contributed by atoms with van der Waals surface area (Å²) in [6.45, 7) is 0. The molecule has 2 heterocycles. The predicted octanol–water partition coefficient (Wildman–Crippen LogP) is 7.18. The summed E-state index contributed by atoms with van der Waals surface area (Å²) in [5.74, 6) is -0.356. The fourth-order valence-corrected chi connectivity index (χ4v) is 6.41. The lowest BCUT2D eigenvalue weighted by molar-refractivity contribution is -0.124. The lowest BCUT2D eigenvalue weighted by atomic mass is 9.94. The number of carbonyl (C=O) groups is 2. The summed E-state index contributed by atoms with van der Waals surface area (Å²) in [7, 11) is 1.63. The Bertz CT molecular complexity index is 1670. The Morgan fingerprint density at radius 2 is 1.79 bits per heavy atom. The molecule has 6 rings (SSSR count). The van der Waals surface area contributed by atoms with Crippen LogP contribution in [-0.2, 0) is 4.79 Å². The molecule has 0 radical (unpaired) electrons. The van der Waals surface area contributed by atoms with Crippen molar-refractivity contribution >= 4 is 40.6 Å². The molecule has 0 spiro atoms. The highest BCUT2D eigenvalue weighted by Crippen LogP contribution is 2.39. The van der Waals surface area contributed by atoms with Gasteiger partial charge in [0.1, 0.15) is 5.75 Å². The number of hydrogen-bond acceptors (Lipinski definition) is 6. The molecule has 0 atom stereocenters. The van der Waals surface area contributed by atoms with Gasteiger partial charge in [-0.3, -0.25) is 9.69 Å². The van der Waals surface area contributed by atoms with E-state index >= 15 is 0 Å². The van der Waals surface area contributed by atoms with Crippen molar-refractivity contribution in [2.75, 3.05) is 7.11 Å². The van der Waals surface area contributed by atoms with Gasteiger partial charge in [-0.1, -0.05) is 43.5 Å². The molecular weight excluding hydrogens is 548 g/mol. The number of ether oxygens (including phenoxy) is 1. The van der Waals surface area contributed by atoms with Gasteiger partial charge in [0, 0.05) is 23.4 Å². The minimum atomic E-state index is -1.02. The van der Waals surface area contributed by atoms with Crippen LogP contribution in [-0.4, -0.2) is 50.0 Å². The summed E-state index contributed by atoms with van der Waals surface area (Å²) in [6, 6.07) is 24.1. The van der Waals surface area contributed by atoms with E-state index in [0.717, 1.165) is 60.4 Å². The number of benzene rings is 3. The number of rotatable bonds is 7. The first-order valence-corrected chi connectivity index (χ1v) is 14.8. The molecule has 1 N–H and O–H groups in total. The minimum absolute atomic E-state index is 0.0548. The van der Waals surface area contributed by atoms with Gasteiger partial charge in [-0.15, -0.1) is 0 Å². The van der Waals surface area contributed by atoms with Crippen LogP contribution in [0.2, 0.25) is 0 Å². The van der Waals surface area contributed by atoms with E-state index in [1.807, 2.05) is 76.5 Å². The molecule has 0 unspecified atom stereocenters. The van der Waals surface area contributed by atoms with Gasteiger partial charge >= 0.3 is 5.97 Å². The van der Waals surface area contributed by atoms with Crippen LogP contribution in [0, 0.1) is 0 Å². The van der Waals surface area contributed by atoms with Gasteiger partial charge < -0.3 is 9.84 Å². The van der Waals surface area contributed by atoms with Crippen molar-refractivity contribution in [3.8, 4) is 22.7 Å². The molecule has 212 valence electrons. The highest BCUT2D eigenvalue weighted by molar-refractivity contribution is 8.18. The van der Waals surface area contributed by atoms with E-state index in [-0.39, 0.29) is 17.5 Å². The second-order valence-corrected chi connectivity index (χ2v) is 11.3. The van der Waals surface area contributed by atoms with Crippen LogP contribution in [0.1, 0.15) is 48.0 Å². The van der Waals surface area contributed by atoms with Gasteiger partial charge in [-0.25, -0.2) is 14.5 Å². The van der Waals surface area contributed by atoms with Crippen molar-refractivity contribution in [1.82, 2.24) is 14.7 Å². The smallest absolute Gasteiger partial charge is 0.335 e. The van der Waals surface area contributed by atoms with Crippen LogP contribution in [0.25, 0.3) is 23.0 Å². The van der Waals surface area contributed by atoms with Crippen LogP contribution in [0.3, 0.4) is 0 Å². The van der Waals surface area contributed by atoms with Gasteiger partial charge in [0.25, 0.3) is 5.91 Å². The number of thioether (sulfide) groups is 1. The Morgan fingerprint density at radius 1 is 1.02 bits per heavy atom. The van der Waals surface area contributed by atoms with Gasteiger partial charge in [-0.05, 0) is 85.3 Å². The second-order valence-electron chi connectivity index (χ2n) is 10.3. The topological polar surface area (TPSA) is 97.0 Å². The standard InChI is InChI=1S/C33H30N4O4S/c1-41-28-17-15-22(16-18-28)30-24(21-36(35-30)26-11-4-2-5-12-26)20-29-31(38)37(27-13-6-3-7-14-27)33(42-29)34-25-10-8-9-23(19-25)32(39)40/h2,4-5,8-12,15-21,27H,3,6-7,13-14H2,1H3,(H,39,40)/b29-20-,34-33?. The lowest BCUT2D eigenvalue weighted by Gasteiger charge is -2.30. The highest BCUT2D eigenvalue weighted by atomic mass is 32.2. The largest absolute Gasteiger partial charge is 0.497 e. The summed E-state index contributed by atoms with van der Waals surface area (Å²) in [5, 5.41) is 14.9. The summed E-state index contributed by atoms with van der Waals surface area (Å²) in [6.07, 6.45) is 8.94. The number of hydrogen-bond donors (Lipinski definition) is 1. The molecule has 8 nitrogen and oxygen atoms in total. The minimum Gasteiger partial charge on any atom is -0.497 e. The van der Waals surface area contributed by atoms with Crippen LogP contribution in [0.5, 0.6) is 5.75 Å². The monoisotopic (exact) mass is 578 g/mol. The lowest BCUT2D eigenvalue weighted by Crippen LogP contribution is -2.40. The first kappa shape index (κ1) is 27.5. The highest BCUT2D eigenvalue weighted by Gasteiger charge is 2.39. The quantitative estimate of drug-likeness (QED) is 0.233. The molecule has 1 saturated carbocycles. The fourth-order valence-electron chi connectivity index (χ4n) is 5.37. The summed E-state index contributed by atoms with van der Waals surface area (Å²) >= 11 is 1.32. The number of carbonyl (C=O) groups excluding carboxylic acids is 1. The molecule has 9 heteroatoms. The molecule has 1 aliphatic carbocycles. The van der Waals surface area contributed by atoms with Crippen LogP contribution in [0.4, 0.5) is 5.69 Å². The van der Waals surface area contributed by atoms with Crippen molar-refractivity contribution in [2.45, 2.75) is 38.1 Å². The van der Waals surface area contributed by atoms with E-state index in [0.29, 0.717) is 15.8 Å². The Morgan fingerprint density at radius 3 is 2.50 bits per heavy atom. The van der Waals surface area contributed by atoms with E-state index in [9.17, 15) is 14.7 Å². The van der Waals surface area contributed by atoms with Gasteiger partial charge in [0.2, 0.25) is 0 Å². The Hall–Kier alpha value is -4.63. The van der Waals surface area contributed by atoms with Crippen molar-refractivity contribution in [3.05, 3.63) is 101 Å². The third-order valence-corrected chi connectivity index (χ3v) is 8.49. The molecule has 42 heavy (non-hydrogen) atoms. The van der Waals surface area contributed by atoms with E-state index in [2.05, 4.69) is 0 Å². The van der Waals surface area contributed by atoms with Crippen molar-refractivity contribution < 1.29 is 19.4 Å². The molecule has 1 aromatic heterocycles. The number of aromatic nitrogens is 2. The van der Waals surface area contributed by atoms with Crippen molar-refractivity contribution in [2.24, 2.45) is 4.99 Å². The fraction of sp³-hybridized carbons (Fsp3) is 0.212. The average Bonchev–Trinajstić information content (AvgIpc) is 3.58. The van der Waals surface area contributed by atoms with E-state index in [1.54, 1.807) is 19.2 Å². The third-order valence-electron chi connectivity index (χ3n) is 7.51. The number of carboxylic acid groups (broad SMARTS) is 1. The molecule has 0 bridgehead atoms. The number of amides is 1. The molecule has 3 aromatic carbocycles. The Balaban J connectivity index is 1.43. The molecule has 2 fully saturated rings.